The van der Waals surface area contributed by atoms with Gasteiger partial charge in [-0.2, -0.15) is 0 Å². The number of H-pyrrole nitrogens is 1. The average molecular weight is 337 g/mol. The fourth-order valence-corrected chi connectivity index (χ4v) is 3.41. The van der Waals surface area contributed by atoms with E-state index in [1.807, 2.05) is 24.3 Å². The summed E-state index contributed by atoms with van der Waals surface area (Å²) in [5.41, 5.74) is 2.41. The van der Waals surface area contributed by atoms with E-state index >= 15 is 0 Å². The smallest absolute Gasteiger partial charge is 0.208 e. The monoisotopic (exact) mass is 337 g/mol. The zero-order valence-electron chi connectivity index (χ0n) is 12.3. The first-order valence-corrected chi connectivity index (χ1v) is 8.10. The molecule has 0 saturated carbocycles. The van der Waals surface area contributed by atoms with Crippen LogP contribution in [0.2, 0.25) is 0 Å². The number of pyridine rings is 2. The Morgan fingerprint density at radius 1 is 1.21 bits per heavy atom. The number of ether oxygens (including phenoxy) is 2. The Labute approximate surface area is 140 Å². The molecule has 1 atom stereocenters. The van der Waals surface area contributed by atoms with Crippen molar-refractivity contribution in [3.8, 4) is 0 Å². The van der Waals surface area contributed by atoms with E-state index in [4.69, 9.17) is 9.47 Å². The van der Waals surface area contributed by atoms with E-state index in [1.165, 1.54) is 17.8 Å². The van der Waals surface area contributed by atoms with Crippen LogP contribution >= 0.6 is 11.5 Å². The zero-order valence-corrected chi connectivity index (χ0v) is 13.2. The van der Waals surface area contributed by atoms with Gasteiger partial charge in [0.25, 0.3) is 0 Å². The van der Waals surface area contributed by atoms with Gasteiger partial charge in [0.2, 0.25) is 5.60 Å². The highest BCUT2D eigenvalue weighted by molar-refractivity contribution is 7.12. The Bertz CT molecular complexity index is 1040. The average Bonchev–Trinajstić information content (AvgIpc) is 3.28. The van der Waals surface area contributed by atoms with Crippen LogP contribution in [0.5, 0.6) is 0 Å². The molecule has 1 unspecified atom stereocenters. The Morgan fingerprint density at radius 2 is 2.21 bits per heavy atom. The summed E-state index contributed by atoms with van der Waals surface area (Å²) in [7, 11) is 0. The van der Waals surface area contributed by atoms with E-state index in [-0.39, 0.29) is 0 Å². The van der Waals surface area contributed by atoms with Crippen molar-refractivity contribution in [3.63, 3.8) is 0 Å². The van der Waals surface area contributed by atoms with Crippen LogP contribution in [0, 0.1) is 0 Å². The first kappa shape index (κ1) is 13.4. The molecule has 1 aliphatic heterocycles. The maximum absolute atomic E-state index is 6.04. The van der Waals surface area contributed by atoms with Crippen LogP contribution in [0.1, 0.15) is 11.3 Å². The molecule has 5 heterocycles. The number of aromatic nitrogens is 5. The van der Waals surface area contributed by atoms with E-state index in [0.29, 0.717) is 6.61 Å². The highest BCUT2D eigenvalue weighted by Gasteiger charge is 2.41. The van der Waals surface area contributed by atoms with Gasteiger partial charge in [-0.25, -0.2) is 9.97 Å². The number of nitrogens with zero attached hydrogens (tertiary/aromatic N) is 4. The molecule has 1 aliphatic rings. The van der Waals surface area contributed by atoms with Crippen molar-refractivity contribution in [2.45, 2.75) is 5.60 Å². The maximum atomic E-state index is 6.04. The van der Waals surface area contributed by atoms with Crippen molar-refractivity contribution in [2.24, 2.45) is 0 Å². The number of nitrogens with one attached hydrogen (secondary N) is 1. The molecule has 0 saturated heterocycles. The van der Waals surface area contributed by atoms with Crippen molar-refractivity contribution in [3.05, 3.63) is 60.4 Å². The van der Waals surface area contributed by atoms with Crippen LogP contribution in [-0.2, 0) is 15.1 Å². The van der Waals surface area contributed by atoms with Crippen molar-refractivity contribution in [1.82, 2.24) is 24.5 Å². The summed E-state index contributed by atoms with van der Waals surface area (Å²) in [6.45, 7) is 0.321. The lowest BCUT2D eigenvalue weighted by molar-refractivity contribution is -0.0356. The standard InChI is InChI=1S/C16H11N5O2S/c1-2-10-6-13(19-14(10)17-3-1)16(9-22-4-5-23-16)11-7-12-15(18-8-11)24-21-20-12/h1-8H,9H2,(H,17,19). The van der Waals surface area contributed by atoms with E-state index in [2.05, 4.69) is 24.5 Å². The molecular weight excluding hydrogens is 326 g/mol. The van der Waals surface area contributed by atoms with Gasteiger partial charge in [-0.3, -0.25) is 0 Å². The number of rotatable bonds is 2. The number of aromatic amines is 1. The van der Waals surface area contributed by atoms with Gasteiger partial charge in [0.1, 0.15) is 30.3 Å². The Balaban J connectivity index is 1.74. The molecule has 4 aromatic heterocycles. The molecule has 8 heteroatoms. The second-order valence-electron chi connectivity index (χ2n) is 5.47. The highest BCUT2D eigenvalue weighted by Crippen LogP contribution is 2.37. The first-order valence-electron chi connectivity index (χ1n) is 7.32. The Hall–Kier alpha value is -3.00. The summed E-state index contributed by atoms with van der Waals surface area (Å²) in [5.74, 6) is 0. The Morgan fingerprint density at radius 3 is 3.08 bits per heavy atom. The van der Waals surface area contributed by atoms with Crippen LogP contribution in [-0.4, -0.2) is 31.1 Å². The lowest BCUT2D eigenvalue weighted by Gasteiger charge is -2.34. The normalized spacial score (nSPS) is 20.2. The molecule has 24 heavy (non-hydrogen) atoms. The second kappa shape index (κ2) is 5.00. The summed E-state index contributed by atoms with van der Waals surface area (Å²) in [5, 5.41) is 5.12. The second-order valence-corrected chi connectivity index (χ2v) is 6.21. The Kier molecular flexibility index (Phi) is 2.80. The van der Waals surface area contributed by atoms with E-state index < -0.39 is 5.60 Å². The van der Waals surface area contributed by atoms with Crippen LogP contribution in [0.15, 0.2) is 49.2 Å². The number of hydrogen-bond acceptors (Lipinski definition) is 7. The van der Waals surface area contributed by atoms with Crippen LogP contribution in [0.3, 0.4) is 0 Å². The lowest BCUT2D eigenvalue weighted by atomic mass is 9.91. The van der Waals surface area contributed by atoms with Gasteiger partial charge >= 0.3 is 0 Å². The van der Waals surface area contributed by atoms with E-state index in [1.54, 1.807) is 18.7 Å². The fourth-order valence-electron chi connectivity index (χ4n) is 2.91. The third-order valence-corrected chi connectivity index (χ3v) is 4.76. The van der Waals surface area contributed by atoms with Crippen LogP contribution < -0.4 is 0 Å². The molecule has 0 fully saturated rings. The number of hydrogen-bond donors (Lipinski definition) is 1. The third kappa shape index (κ3) is 1.89. The summed E-state index contributed by atoms with van der Waals surface area (Å²) < 4.78 is 15.6. The first-order chi connectivity index (χ1) is 11.9. The summed E-state index contributed by atoms with van der Waals surface area (Å²) in [6.07, 6.45) is 6.62. The van der Waals surface area contributed by atoms with Crippen LogP contribution in [0.4, 0.5) is 0 Å². The van der Waals surface area contributed by atoms with Gasteiger partial charge in [0.05, 0.1) is 5.69 Å². The van der Waals surface area contributed by atoms with Gasteiger partial charge in [-0.05, 0) is 24.3 Å². The minimum Gasteiger partial charge on any atom is -0.493 e. The SMILES string of the molecule is C1=COC(c2cnc3snnc3c2)(c2cc3cccnc3[nH]2)CO1. The van der Waals surface area contributed by atoms with Gasteiger partial charge in [-0.15, -0.1) is 5.10 Å². The van der Waals surface area contributed by atoms with Crippen molar-refractivity contribution < 1.29 is 9.47 Å². The van der Waals surface area contributed by atoms with Gasteiger partial charge in [-0.1, -0.05) is 4.49 Å². The largest absolute Gasteiger partial charge is 0.493 e. The summed E-state index contributed by atoms with van der Waals surface area (Å²) in [6, 6.07) is 7.86. The van der Waals surface area contributed by atoms with Gasteiger partial charge in [0, 0.05) is 34.9 Å². The molecule has 0 radical (unpaired) electrons. The van der Waals surface area contributed by atoms with Gasteiger partial charge < -0.3 is 14.5 Å². The quantitative estimate of drug-likeness (QED) is 0.605. The minimum absolute atomic E-state index is 0.321. The highest BCUT2D eigenvalue weighted by atomic mass is 32.1. The minimum atomic E-state index is -0.833. The predicted octanol–water partition coefficient (Wildman–Crippen LogP) is 2.72. The molecular formula is C16H11N5O2S. The van der Waals surface area contributed by atoms with E-state index in [0.717, 1.165) is 32.6 Å². The van der Waals surface area contributed by atoms with Gasteiger partial charge in [0.15, 0.2) is 4.83 Å². The molecule has 0 spiro atoms. The number of fused-ring (bicyclic) bond motifs is 2. The fraction of sp³-hybridized carbons (Fsp3) is 0.125. The predicted molar refractivity (Wildman–Crippen MR) is 88.3 cm³/mol. The van der Waals surface area contributed by atoms with E-state index in [9.17, 15) is 0 Å². The molecule has 7 nitrogen and oxygen atoms in total. The molecule has 5 rings (SSSR count). The molecule has 118 valence electrons. The summed E-state index contributed by atoms with van der Waals surface area (Å²) >= 11 is 1.27. The molecule has 0 aromatic carbocycles. The van der Waals surface area contributed by atoms with Crippen LogP contribution in [0.25, 0.3) is 21.4 Å². The molecule has 0 aliphatic carbocycles. The molecule has 4 aromatic rings. The maximum Gasteiger partial charge on any atom is 0.208 e. The topological polar surface area (TPSA) is 85.8 Å². The third-order valence-electron chi connectivity index (χ3n) is 4.11. The van der Waals surface area contributed by atoms with Crippen molar-refractivity contribution >= 4 is 32.9 Å². The zero-order chi connectivity index (χ0) is 16.0. The molecule has 1 N–H and O–H groups in total. The lowest BCUT2D eigenvalue weighted by Crippen LogP contribution is -2.37. The van der Waals surface area contributed by atoms with Crippen molar-refractivity contribution in [1.29, 1.82) is 0 Å². The molecule has 0 bridgehead atoms. The van der Waals surface area contributed by atoms with Crippen molar-refractivity contribution in [2.75, 3.05) is 6.61 Å². The summed E-state index contributed by atoms with van der Waals surface area (Å²) in [4.78, 5) is 12.9. The molecule has 0 amide bonds.